The highest BCUT2D eigenvalue weighted by Crippen LogP contribution is 2.28. The van der Waals surface area contributed by atoms with Crippen molar-refractivity contribution in [3.8, 4) is 0 Å². The number of likely N-dealkylation sites (N-methyl/N-ethyl adjacent to an activating group) is 1. The fourth-order valence-corrected chi connectivity index (χ4v) is 5.60. The number of pyridine rings is 1. The second-order valence-corrected chi connectivity index (χ2v) is 8.98. The zero-order valence-corrected chi connectivity index (χ0v) is 14.9. The maximum atomic E-state index is 12.5. The van der Waals surface area contributed by atoms with E-state index in [1.165, 1.54) is 0 Å². The van der Waals surface area contributed by atoms with Crippen LogP contribution in [-0.4, -0.2) is 91.3 Å². The summed E-state index contributed by atoms with van der Waals surface area (Å²) >= 11 is 0. The third-order valence-electron chi connectivity index (χ3n) is 4.65. The molecular weight excluding hydrogens is 328 g/mol. The smallest absolute Gasteiger partial charge is 0.237 e. The minimum Gasteiger partial charge on any atom is -0.335 e. The Labute approximate surface area is 143 Å². The average Bonchev–Trinajstić information content (AvgIpc) is 2.83. The molecule has 0 unspecified atom stereocenters. The molecular formula is C16H24N4O3S. The van der Waals surface area contributed by atoms with Crippen molar-refractivity contribution in [2.24, 2.45) is 0 Å². The molecule has 24 heavy (non-hydrogen) atoms. The first-order valence-electron chi connectivity index (χ1n) is 8.14. The molecule has 0 bridgehead atoms. The number of hydrogen-bond donors (Lipinski definition) is 0. The lowest BCUT2D eigenvalue weighted by Crippen LogP contribution is -2.61. The molecule has 2 atom stereocenters. The lowest BCUT2D eigenvalue weighted by molar-refractivity contribution is -0.137. The van der Waals surface area contributed by atoms with Crippen LogP contribution in [0.3, 0.4) is 0 Å². The molecule has 2 aliphatic rings. The van der Waals surface area contributed by atoms with E-state index < -0.39 is 9.84 Å². The number of hydrogen-bond acceptors (Lipinski definition) is 6. The molecule has 0 radical (unpaired) electrons. The highest BCUT2D eigenvalue weighted by molar-refractivity contribution is 7.91. The van der Waals surface area contributed by atoms with Gasteiger partial charge in [0.25, 0.3) is 0 Å². The van der Waals surface area contributed by atoms with Gasteiger partial charge in [-0.15, -0.1) is 0 Å². The number of fused-ring (bicyclic) bond motifs is 1. The highest BCUT2D eigenvalue weighted by Gasteiger charge is 2.47. The fourth-order valence-electron chi connectivity index (χ4n) is 3.59. The molecule has 7 nitrogen and oxygen atoms in total. The van der Waals surface area contributed by atoms with Gasteiger partial charge >= 0.3 is 0 Å². The molecule has 1 amide bonds. The van der Waals surface area contributed by atoms with Crippen molar-refractivity contribution in [2.45, 2.75) is 18.6 Å². The number of carbonyl (C=O) groups is 1. The third-order valence-corrected chi connectivity index (χ3v) is 6.35. The van der Waals surface area contributed by atoms with E-state index in [4.69, 9.17) is 0 Å². The Morgan fingerprint density at radius 3 is 2.67 bits per heavy atom. The molecule has 132 valence electrons. The van der Waals surface area contributed by atoms with Crippen LogP contribution in [0, 0.1) is 0 Å². The zero-order chi connectivity index (χ0) is 17.3. The van der Waals surface area contributed by atoms with Gasteiger partial charge < -0.3 is 9.80 Å². The summed E-state index contributed by atoms with van der Waals surface area (Å²) in [6, 6.07) is 5.35. The zero-order valence-electron chi connectivity index (χ0n) is 14.1. The van der Waals surface area contributed by atoms with Crippen LogP contribution in [0.25, 0.3) is 0 Å². The average molecular weight is 352 g/mol. The second kappa shape index (κ2) is 6.78. The van der Waals surface area contributed by atoms with Crippen molar-refractivity contribution in [1.82, 2.24) is 19.7 Å². The summed E-state index contributed by atoms with van der Waals surface area (Å²) in [6.45, 7) is 2.17. The molecule has 3 heterocycles. The van der Waals surface area contributed by atoms with E-state index in [9.17, 15) is 13.2 Å². The van der Waals surface area contributed by atoms with Crippen LogP contribution in [0.4, 0.5) is 0 Å². The second-order valence-electron chi connectivity index (χ2n) is 6.83. The van der Waals surface area contributed by atoms with E-state index in [0.717, 1.165) is 5.69 Å². The monoisotopic (exact) mass is 352 g/mol. The van der Waals surface area contributed by atoms with Crippen molar-refractivity contribution >= 4 is 15.7 Å². The molecule has 1 aromatic heterocycles. The molecule has 8 heteroatoms. The molecule has 0 saturated carbocycles. The van der Waals surface area contributed by atoms with E-state index >= 15 is 0 Å². The van der Waals surface area contributed by atoms with E-state index in [2.05, 4.69) is 9.88 Å². The van der Waals surface area contributed by atoms with E-state index in [-0.39, 0.29) is 29.5 Å². The van der Waals surface area contributed by atoms with Gasteiger partial charge in [-0.3, -0.25) is 14.7 Å². The lowest BCUT2D eigenvalue weighted by Gasteiger charge is -2.44. The Balaban J connectivity index is 1.78. The molecule has 0 N–H and O–H groups in total. The van der Waals surface area contributed by atoms with E-state index in [0.29, 0.717) is 26.2 Å². The molecule has 0 aromatic carbocycles. The van der Waals surface area contributed by atoms with Gasteiger partial charge in [0.05, 0.1) is 29.8 Å². The van der Waals surface area contributed by atoms with E-state index in [1.807, 2.05) is 37.2 Å². The Bertz CT molecular complexity index is 693. The summed E-state index contributed by atoms with van der Waals surface area (Å²) in [7, 11) is 0.572. The minimum atomic E-state index is -3.12. The Morgan fingerprint density at radius 2 is 2.00 bits per heavy atom. The Hall–Kier alpha value is -1.51. The normalized spacial score (nSPS) is 26.5. The largest absolute Gasteiger partial charge is 0.335 e. The number of carbonyl (C=O) groups excluding carboxylic acids is 1. The first kappa shape index (κ1) is 17.3. The summed E-state index contributed by atoms with van der Waals surface area (Å²) in [4.78, 5) is 22.6. The van der Waals surface area contributed by atoms with Crippen molar-refractivity contribution in [2.75, 3.05) is 45.2 Å². The van der Waals surface area contributed by atoms with Crippen molar-refractivity contribution in [1.29, 1.82) is 0 Å². The first-order chi connectivity index (χ1) is 11.4. The van der Waals surface area contributed by atoms with Crippen LogP contribution in [0.2, 0.25) is 0 Å². The van der Waals surface area contributed by atoms with Crippen molar-refractivity contribution in [3.05, 3.63) is 30.1 Å². The maximum absolute atomic E-state index is 12.5. The van der Waals surface area contributed by atoms with Crippen LogP contribution in [-0.2, 0) is 21.2 Å². The van der Waals surface area contributed by atoms with Crippen molar-refractivity contribution < 1.29 is 13.2 Å². The maximum Gasteiger partial charge on any atom is 0.237 e. The number of rotatable bonds is 4. The first-order valence-corrected chi connectivity index (χ1v) is 9.96. The van der Waals surface area contributed by atoms with Gasteiger partial charge in [0, 0.05) is 31.9 Å². The SMILES string of the molecule is CN(C)CC(=O)N1CCN(Cc2ccccn2)[C@@H]2CS(=O)(=O)C[C@@H]21. The van der Waals surface area contributed by atoms with Gasteiger partial charge in [0.15, 0.2) is 9.84 Å². The van der Waals surface area contributed by atoms with Gasteiger partial charge in [-0.1, -0.05) is 6.07 Å². The highest BCUT2D eigenvalue weighted by atomic mass is 32.2. The number of piperazine rings is 1. The minimum absolute atomic E-state index is 0.00425. The van der Waals surface area contributed by atoms with Crippen molar-refractivity contribution in [3.63, 3.8) is 0 Å². The Kier molecular flexibility index (Phi) is 4.89. The van der Waals surface area contributed by atoms with Gasteiger partial charge in [-0.05, 0) is 26.2 Å². The summed E-state index contributed by atoms with van der Waals surface area (Å²) in [5.41, 5.74) is 0.925. The molecule has 2 saturated heterocycles. The molecule has 0 spiro atoms. The molecule has 2 fully saturated rings. The van der Waals surface area contributed by atoms with Crippen LogP contribution in [0.5, 0.6) is 0 Å². The summed E-state index contributed by atoms with van der Waals surface area (Å²) in [5, 5.41) is 0. The molecule has 2 aliphatic heterocycles. The van der Waals surface area contributed by atoms with E-state index in [1.54, 1.807) is 11.1 Å². The van der Waals surface area contributed by atoms with Gasteiger partial charge in [0.1, 0.15) is 0 Å². The predicted molar refractivity (Wildman–Crippen MR) is 91.1 cm³/mol. The summed E-state index contributed by atoms with van der Waals surface area (Å²) < 4.78 is 24.4. The quantitative estimate of drug-likeness (QED) is 0.724. The number of amides is 1. The van der Waals surface area contributed by atoms with Crippen LogP contribution in [0.15, 0.2) is 24.4 Å². The predicted octanol–water partition coefficient (Wildman–Crippen LogP) is -0.547. The third kappa shape index (κ3) is 3.76. The number of aromatic nitrogens is 1. The summed E-state index contributed by atoms with van der Waals surface area (Å²) in [6.07, 6.45) is 1.75. The fraction of sp³-hybridized carbons (Fsp3) is 0.625. The number of nitrogens with zero attached hydrogens (tertiary/aromatic N) is 4. The Morgan fingerprint density at radius 1 is 1.25 bits per heavy atom. The van der Waals surface area contributed by atoms with Crippen LogP contribution in [0.1, 0.15) is 5.69 Å². The molecule has 1 aromatic rings. The topological polar surface area (TPSA) is 73.8 Å². The molecule has 0 aliphatic carbocycles. The van der Waals surface area contributed by atoms with Gasteiger partial charge in [0.2, 0.25) is 5.91 Å². The number of sulfone groups is 1. The van der Waals surface area contributed by atoms with Crippen LogP contribution < -0.4 is 0 Å². The van der Waals surface area contributed by atoms with Crippen LogP contribution >= 0.6 is 0 Å². The summed E-state index contributed by atoms with van der Waals surface area (Å²) in [5.74, 6) is 0.191. The standard InChI is InChI=1S/C16H24N4O3S/c1-18(2)10-16(21)20-8-7-19(9-13-5-3-4-6-17-13)14-11-24(22,23)12-15(14)20/h3-6,14-15H,7-12H2,1-2H3/t14-,15+/m1/s1. The van der Waals surface area contributed by atoms with Gasteiger partial charge in [-0.25, -0.2) is 8.42 Å². The molecule has 3 rings (SSSR count). The van der Waals surface area contributed by atoms with Gasteiger partial charge in [-0.2, -0.15) is 0 Å². The lowest BCUT2D eigenvalue weighted by atomic mass is 10.0.